The molecule has 2 heterocycles. The SMILES string of the molecule is CC1(CC(F)(F)F)OCC2=C1NC(O)(Cl)N=C2. The van der Waals surface area contributed by atoms with Crippen molar-refractivity contribution in [2.24, 2.45) is 4.99 Å². The summed E-state index contributed by atoms with van der Waals surface area (Å²) in [5.74, 6) is 0. The third kappa shape index (κ3) is 2.56. The van der Waals surface area contributed by atoms with Crippen molar-refractivity contribution in [2.75, 3.05) is 6.61 Å². The van der Waals surface area contributed by atoms with Gasteiger partial charge < -0.3 is 15.2 Å². The van der Waals surface area contributed by atoms with E-state index in [1.807, 2.05) is 0 Å². The lowest BCUT2D eigenvalue weighted by Crippen LogP contribution is -2.47. The summed E-state index contributed by atoms with van der Waals surface area (Å²) in [5.41, 5.74) is -0.979. The fourth-order valence-electron chi connectivity index (χ4n) is 1.91. The van der Waals surface area contributed by atoms with Gasteiger partial charge in [0.05, 0.1) is 18.7 Å². The van der Waals surface area contributed by atoms with Crippen LogP contribution in [0.3, 0.4) is 0 Å². The molecule has 0 bridgehead atoms. The Morgan fingerprint density at radius 3 is 2.88 bits per heavy atom. The Labute approximate surface area is 100 Å². The van der Waals surface area contributed by atoms with Gasteiger partial charge in [0.2, 0.25) is 0 Å². The fraction of sp³-hybridized carbons (Fsp3) is 0.667. The number of halogens is 4. The standard InChI is InChI=1S/C9H10ClF3N2O2/c1-7(4-8(11,12)13)6-5(3-17-7)2-14-9(10,16)15-6/h2,15-16H,3-4H2,1H3. The number of alkyl halides is 4. The van der Waals surface area contributed by atoms with Gasteiger partial charge >= 0.3 is 11.5 Å². The minimum atomic E-state index is -4.38. The first-order chi connectivity index (χ1) is 7.61. The van der Waals surface area contributed by atoms with Gasteiger partial charge in [0.15, 0.2) is 0 Å². The van der Waals surface area contributed by atoms with Crippen LogP contribution < -0.4 is 5.32 Å². The molecule has 2 aliphatic rings. The van der Waals surface area contributed by atoms with Crippen molar-refractivity contribution in [1.82, 2.24) is 5.32 Å². The maximum Gasteiger partial charge on any atom is 0.392 e. The first-order valence-electron chi connectivity index (χ1n) is 4.80. The zero-order valence-corrected chi connectivity index (χ0v) is 9.56. The smallest absolute Gasteiger partial charge is 0.364 e. The van der Waals surface area contributed by atoms with Crippen molar-refractivity contribution in [3.8, 4) is 0 Å². The number of nitrogens with one attached hydrogen (secondary N) is 1. The van der Waals surface area contributed by atoms with Gasteiger partial charge in [-0.1, -0.05) is 0 Å². The summed E-state index contributed by atoms with van der Waals surface area (Å²) in [6.45, 7) is 1.30. The normalized spacial score (nSPS) is 37.1. The van der Waals surface area contributed by atoms with Gasteiger partial charge in [-0.05, 0) is 18.5 Å². The summed E-state index contributed by atoms with van der Waals surface area (Å²) in [6.07, 6.45) is -4.31. The quantitative estimate of drug-likeness (QED) is 0.561. The Bertz CT molecular complexity index is 406. The molecule has 0 spiro atoms. The third-order valence-corrected chi connectivity index (χ3v) is 2.80. The molecule has 4 nitrogen and oxygen atoms in total. The number of hydrogen-bond donors (Lipinski definition) is 2. The van der Waals surface area contributed by atoms with E-state index in [4.69, 9.17) is 16.3 Å². The Kier molecular flexibility index (Phi) is 2.68. The summed E-state index contributed by atoms with van der Waals surface area (Å²) in [4.78, 5) is 3.53. The second-order valence-corrected chi connectivity index (χ2v) is 4.71. The molecule has 2 unspecified atom stereocenters. The molecular formula is C9H10ClF3N2O2. The molecule has 0 amide bonds. The molecule has 0 saturated heterocycles. The van der Waals surface area contributed by atoms with E-state index in [1.54, 1.807) is 0 Å². The van der Waals surface area contributed by atoms with Crippen LogP contribution in [0.2, 0.25) is 0 Å². The van der Waals surface area contributed by atoms with Crippen LogP contribution in [0.15, 0.2) is 16.3 Å². The van der Waals surface area contributed by atoms with Crippen LogP contribution >= 0.6 is 11.6 Å². The zero-order valence-electron chi connectivity index (χ0n) is 8.81. The number of hydrogen-bond acceptors (Lipinski definition) is 4. The van der Waals surface area contributed by atoms with E-state index in [9.17, 15) is 18.3 Å². The number of rotatable bonds is 1. The summed E-state index contributed by atoms with van der Waals surface area (Å²) in [7, 11) is 0. The molecular weight excluding hydrogens is 261 g/mol. The Morgan fingerprint density at radius 1 is 1.65 bits per heavy atom. The van der Waals surface area contributed by atoms with Crippen molar-refractivity contribution >= 4 is 17.8 Å². The highest BCUT2D eigenvalue weighted by Crippen LogP contribution is 2.40. The highest BCUT2D eigenvalue weighted by Gasteiger charge is 2.49. The lowest BCUT2D eigenvalue weighted by molar-refractivity contribution is -0.172. The topological polar surface area (TPSA) is 53.8 Å². The Balaban J connectivity index is 2.28. The lowest BCUT2D eigenvalue weighted by Gasteiger charge is -2.32. The second kappa shape index (κ2) is 3.60. The zero-order chi connectivity index (χ0) is 12.9. The maximum atomic E-state index is 12.4. The van der Waals surface area contributed by atoms with Gasteiger partial charge in [-0.15, -0.1) is 0 Å². The average Bonchev–Trinajstić information content (AvgIpc) is 2.39. The Hall–Kier alpha value is -0.790. The van der Waals surface area contributed by atoms with Crippen molar-refractivity contribution in [3.63, 3.8) is 0 Å². The second-order valence-electron chi connectivity index (χ2n) is 4.18. The molecule has 0 saturated carbocycles. The minimum absolute atomic E-state index is 0.00534. The summed E-state index contributed by atoms with van der Waals surface area (Å²) in [5, 5.41) is 9.67. The van der Waals surface area contributed by atoms with Gasteiger partial charge in [-0.25, -0.2) is 4.99 Å². The summed E-state index contributed by atoms with van der Waals surface area (Å²) in [6, 6.07) is 0. The monoisotopic (exact) mass is 270 g/mol. The van der Waals surface area contributed by atoms with Crippen LogP contribution in [0.4, 0.5) is 13.2 Å². The molecule has 96 valence electrons. The van der Waals surface area contributed by atoms with Crippen molar-refractivity contribution in [3.05, 3.63) is 11.3 Å². The molecule has 0 radical (unpaired) electrons. The number of ether oxygens (including phenoxy) is 1. The van der Waals surface area contributed by atoms with E-state index < -0.39 is 23.5 Å². The van der Waals surface area contributed by atoms with E-state index in [2.05, 4.69) is 10.3 Å². The first kappa shape index (κ1) is 12.7. The van der Waals surface area contributed by atoms with Gasteiger partial charge in [0.25, 0.3) is 0 Å². The number of aliphatic hydroxyl groups is 1. The van der Waals surface area contributed by atoms with Gasteiger partial charge in [-0.3, -0.25) is 0 Å². The van der Waals surface area contributed by atoms with E-state index >= 15 is 0 Å². The number of nitrogens with zero attached hydrogens (tertiary/aromatic N) is 1. The molecule has 0 fully saturated rings. The average molecular weight is 271 g/mol. The van der Waals surface area contributed by atoms with Crippen molar-refractivity contribution in [1.29, 1.82) is 0 Å². The fourth-order valence-corrected chi connectivity index (χ4v) is 2.06. The van der Waals surface area contributed by atoms with Crippen molar-refractivity contribution in [2.45, 2.75) is 30.4 Å². The van der Waals surface area contributed by atoms with Crippen LogP contribution in [0, 0.1) is 0 Å². The first-order valence-corrected chi connectivity index (χ1v) is 5.18. The molecule has 8 heteroatoms. The van der Waals surface area contributed by atoms with E-state index in [1.165, 1.54) is 13.1 Å². The van der Waals surface area contributed by atoms with Crippen molar-refractivity contribution < 1.29 is 23.0 Å². The summed E-state index contributed by atoms with van der Waals surface area (Å²) < 4.78 is 42.5. The van der Waals surface area contributed by atoms with Gasteiger partial charge in [-0.2, -0.15) is 13.2 Å². The minimum Gasteiger partial charge on any atom is -0.364 e. The van der Waals surface area contributed by atoms with Crippen LogP contribution in [-0.4, -0.2) is 35.0 Å². The maximum absolute atomic E-state index is 12.4. The predicted octanol–water partition coefficient (Wildman–Crippen LogP) is 1.50. The van der Waals surface area contributed by atoms with E-state index in [0.29, 0.717) is 5.57 Å². The molecule has 2 N–H and O–H groups in total. The molecule has 0 aromatic heterocycles. The lowest BCUT2D eigenvalue weighted by atomic mass is 9.96. The third-order valence-electron chi connectivity index (χ3n) is 2.61. The Morgan fingerprint density at radius 2 is 2.29 bits per heavy atom. The van der Waals surface area contributed by atoms with Crippen LogP contribution in [0.25, 0.3) is 0 Å². The highest BCUT2D eigenvalue weighted by molar-refractivity contribution is 6.23. The van der Waals surface area contributed by atoms with Crippen LogP contribution in [0.1, 0.15) is 13.3 Å². The van der Waals surface area contributed by atoms with E-state index in [0.717, 1.165) is 0 Å². The molecule has 0 aromatic carbocycles. The summed E-state index contributed by atoms with van der Waals surface area (Å²) >= 11 is 5.51. The van der Waals surface area contributed by atoms with Crippen LogP contribution in [-0.2, 0) is 4.74 Å². The molecule has 2 rings (SSSR count). The molecule has 2 aliphatic heterocycles. The van der Waals surface area contributed by atoms with Crippen LogP contribution in [0.5, 0.6) is 0 Å². The molecule has 0 aromatic rings. The largest absolute Gasteiger partial charge is 0.392 e. The molecule has 17 heavy (non-hydrogen) atoms. The number of aliphatic imine (C=N–C) groups is 1. The van der Waals surface area contributed by atoms with E-state index in [-0.39, 0.29) is 12.3 Å². The van der Waals surface area contributed by atoms with Gasteiger partial charge in [0.1, 0.15) is 5.60 Å². The van der Waals surface area contributed by atoms with Gasteiger partial charge in [0, 0.05) is 11.8 Å². The highest BCUT2D eigenvalue weighted by atomic mass is 35.5. The molecule has 0 aliphatic carbocycles. The molecule has 2 atom stereocenters. The predicted molar refractivity (Wildman–Crippen MR) is 54.5 cm³/mol.